The molecule has 2 amide bonds. The first-order valence-electron chi connectivity index (χ1n) is 16.4. The second-order valence-electron chi connectivity index (χ2n) is 13.4. The van der Waals surface area contributed by atoms with Gasteiger partial charge in [0.2, 0.25) is 5.91 Å². The average molecular weight is 637 g/mol. The van der Waals surface area contributed by atoms with E-state index in [1.54, 1.807) is 24.3 Å². The van der Waals surface area contributed by atoms with Crippen molar-refractivity contribution in [3.8, 4) is 0 Å². The van der Waals surface area contributed by atoms with Crippen LogP contribution in [0.4, 0.5) is 5.69 Å². The summed E-state index contributed by atoms with van der Waals surface area (Å²) >= 11 is 1.49. The molecule has 0 spiro atoms. The monoisotopic (exact) mass is 636 g/mol. The van der Waals surface area contributed by atoms with E-state index in [1.165, 1.54) is 88.3 Å². The Morgan fingerprint density at radius 3 is 2.50 bits per heavy atom. The van der Waals surface area contributed by atoms with E-state index in [1.807, 2.05) is 0 Å². The Kier molecular flexibility index (Phi) is 8.13. The molecule has 4 aliphatic carbocycles. The van der Waals surface area contributed by atoms with Gasteiger partial charge in [0.25, 0.3) is 5.91 Å². The lowest BCUT2D eigenvalue weighted by Crippen LogP contribution is -2.62. The second-order valence-corrected chi connectivity index (χ2v) is 14.4. The number of amides is 2. The van der Waals surface area contributed by atoms with E-state index in [-0.39, 0.29) is 17.7 Å². The highest BCUT2D eigenvalue weighted by Crippen LogP contribution is 2.57. The topological polar surface area (TPSA) is 111 Å². The van der Waals surface area contributed by atoms with Gasteiger partial charge >= 0.3 is 5.97 Å². The van der Waals surface area contributed by atoms with E-state index in [4.69, 9.17) is 10.1 Å². The number of rotatable bonds is 7. The molecule has 1 aromatic rings. The summed E-state index contributed by atoms with van der Waals surface area (Å²) in [6.45, 7) is 3.48. The minimum Gasteiger partial charge on any atom is -0.478 e. The van der Waals surface area contributed by atoms with Gasteiger partial charge in [-0.1, -0.05) is 60.9 Å². The van der Waals surface area contributed by atoms with Crippen molar-refractivity contribution in [2.75, 3.05) is 25.5 Å². The molecule has 9 heteroatoms. The fourth-order valence-corrected chi connectivity index (χ4v) is 8.85. The normalized spacial score (nSPS) is 23.8. The largest absolute Gasteiger partial charge is 0.478 e. The zero-order valence-corrected chi connectivity index (χ0v) is 27.2. The molecule has 46 heavy (non-hydrogen) atoms. The van der Waals surface area contributed by atoms with E-state index in [0.29, 0.717) is 41.6 Å². The van der Waals surface area contributed by atoms with E-state index >= 15 is 0 Å². The van der Waals surface area contributed by atoms with Crippen LogP contribution in [0.1, 0.15) is 63.9 Å². The quantitative estimate of drug-likeness (QED) is 0.300. The zero-order valence-electron chi connectivity index (χ0n) is 26.4. The number of carboxylic acid groups (broad SMARTS) is 1. The molecule has 2 fully saturated rings. The molecule has 1 aromatic carbocycles. The summed E-state index contributed by atoms with van der Waals surface area (Å²) in [5.41, 5.74) is 8.54. The molecule has 1 unspecified atom stereocenters. The van der Waals surface area contributed by atoms with Crippen LogP contribution in [0.2, 0.25) is 0 Å². The third kappa shape index (κ3) is 5.59. The van der Waals surface area contributed by atoms with Gasteiger partial charge in [-0.3, -0.25) is 14.6 Å². The van der Waals surface area contributed by atoms with Crippen molar-refractivity contribution in [2.24, 2.45) is 16.8 Å². The summed E-state index contributed by atoms with van der Waals surface area (Å²) in [6, 6.07) is 6.95. The van der Waals surface area contributed by atoms with Crippen LogP contribution in [0.15, 0.2) is 92.0 Å². The third-order valence-corrected chi connectivity index (χ3v) is 11.4. The van der Waals surface area contributed by atoms with Gasteiger partial charge in [0.15, 0.2) is 5.04 Å². The first-order valence-corrected chi connectivity index (χ1v) is 17.2. The number of aliphatic carboxylic acids is 1. The zero-order chi connectivity index (χ0) is 32.0. The number of hydrogen-bond acceptors (Lipinski definition) is 6. The summed E-state index contributed by atoms with van der Waals surface area (Å²) < 4.78 is 0. The fourth-order valence-electron chi connectivity index (χ4n) is 7.78. The molecule has 1 atom stereocenters. The van der Waals surface area contributed by atoms with E-state index in [2.05, 4.69) is 47.9 Å². The van der Waals surface area contributed by atoms with Crippen molar-refractivity contribution in [1.82, 2.24) is 10.2 Å². The number of carbonyl (C=O) groups excluding carboxylic acids is 2. The van der Waals surface area contributed by atoms with Crippen LogP contribution in [-0.2, 0) is 14.4 Å². The number of allylic oxidation sites excluding steroid dienone is 7. The molecular weight excluding hydrogens is 596 g/mol. The highest BCUT2D eigenvalue weighted by Gasteiger charge is 2.47. The molecular formula is C37H40N4O4S. The number of carboxylic acids is 1. The van der Waals surface area contributed by atoms with Crippen molar-refractivity contribution in [1.29, 1.82) is 0 Å². The Hall–Kier alpha value is -4.11. The molecule has 2 saturated carbocycles. The van der Waals surface area contributed by atoms with Crippen LogP contribution < -0.4 is 10.6 Å². The number of fused-ring (bicyclic) bond motifs is 4. The van der Waals surface area contributed by atoms with Gasteiger partial charge in [0.1, 0.15) is 5.54 Å². The number of nitrogens with zero attached hydrogens (tertiary/aromatic N) is 2. The van der Waals surface area contributed by atoms with Gasteiger partial charge in [-0.15, -0.1) is 0 Å². The van der Waals surface area contributed by atoms with Crippen LogP contribution in [-0.4, -0.2) is 58.5 Å². The van der Waals surface area contributed by atoms with Crippen LogP contribution in [0.25, 0.3) is 6.08 Å². The number of likely N-dealkylation sites (N-methyl/N-ethyl adjacent to an activating group) is 1. The first kappa shape index (κ1) is 30.5. The Labute approximate surface area is 274 Å². The van der Waals surface area contributed by atoms with Crippen LogP contribution in [0.5, 0.6) is 0 Å². The molecule has 0 saturated heterocycles. The maximum absolute atomic E-state index is 13.9. The van der Waals surface area contributed by atoms with Gasteiger partial charge in [0.05, 0.1) is 6.54 Å². The predicted molar refractivity (Wildman–Crippen MR) is 183 cm³/mol. The Morgan fingerprint density at radius 1 is 1.04 bits per heavy atom. The SMILES string of the molecule is CC1=CC=C2C(C3CCCCC3)=C3C(=CN(C)CC4=C3SC(C(=O)NC3(C(=O)Nc5ccc(/C=C/C(=O)O)cc5)CCC3)=NC4)C12. The highest BCUT2D eigenvalue weighted by atomic mass is 32.2. The van der Waals surface area contributed by atoms with E-state index < -0.39 is 11.5 Å². The fraction of sp³-hybridized carbons (Fsp3) is 0.405. The van der Waals surface area contributed by atoms with Crippen molar-refractivity contribution in [2.45, 2.75) is 63.8 Å². The maximum atomic E-state index is 13.9. The van der Waals surface area contributed by atoms with Gasteiger partial charge in [-0.05, 0) is 96.6 Å². The van der Waals surface area contributed by atoms with Crippen molar-refractivity contribution in [3.63, 3.8) is 0 Å². The van der Waals surface area contributed by atoms with Gasteiger partial charge < -0.3 is 20.6 Å². The van der Waals surface area contributed by atoms with Gasteiger partial charge in [-0.25, -0.2) is 4.79 Å². The number of thioether (sulfide) groups is 1. The van der Waals surface area contributed by atoms with Crippen molar-refractivity contribution >= 4 is 46.4 Å². The van der Waals surface area contributed by atoms with Crippen molar-refractivity contribution in [3.05, 3.63) is 92.6 Å². The Bertz CT molecular complexity index is 1710. The van der Waals surface area contributed by atoms with Crippen LogP contribution in [0, 0.1) is 11.8 Å². The standard InChI is InChI=1S/C37H40N4O4S/c1-22-9-15-27-30(22)28-21-41(2)20-25-19-38-35(46-33(25)32(28)31(27)24-7-4-3-5-8-24)34(44)40-37(17-6-18-37)36(45)39-26-13-10-23(11-14-26)12-16-29(42)43/h9-16,21,24,30H,3-8,17-20H2,1-2H3,(H,39,45)(H,40,44)(H,42,43)/b16-12+. The minimum absolute atomic E-state index is 0.247. The number of benzene rings is 1. The summed E-state index contributed by atoms with van der Waals surface area (Å²) in [7, 11) is 2.13. The molecule has 3 N–H and O–H groups in total. The number of aliphatic imine (C=N–C) groups is 1. The molecule has 2 aliphatic heterocycles. The molecule has 6 aliphatic rings. The molecule has 2 heterocycles. The third-order valence-electron chi connectivity index (χ3n) is 10.2. The second kappa shape index (κ2) is 12.2. The van der Waals surface area contributed by atoms with Crippen LogP contribution in [0.3, 0.4) is 0 Å². The Balaban J connectivity index is 1.12. The smallest absolute Gasteiger partial charge is 0.328 e. The molecule has 8 nitrogen and oxygen atoms in total. The number of carbonyl (C=O) groups is 3. The molecule has 0 aromatic heterocycles. The molecule has 0 bridgehead atoms. The lowest BCUT2D eigenvalue weighted by Gasteiger charge is -2.41. The number of nitrogens with one attached hydrogen (secondary N) is 2. The van der Waals surface area contributed by atoms with E-state index in [0.717, 1.165) is 19.0 Å². The van der Waals surface area contributed by atoms with Gasteiger partial charge in [0, 0.05) is 42.4 Å². The molecule has 7 rings (SSSR count). The summed E-state index contributed by atoms with van der Waals surface area (Å²) in [6.07, 6.45) is 17.7. The molecule has 238 valence electrons. The van der Waals surface area contributed by atoms with Crippen LogP contribution >= 0.6 is 11.8 Å². The summed E-state index contributed by atoms with van der Waals surface area (Å²) in [4.78, 5) is 46.5. The summed E-state index contributed by atoms with van der Waals surface area (Å²) in [5.74, 6) is -0.753. The number of anilines is 1. The Morgan fingerprint density at radius 2 is 1.80 bits per heavy atom. The maximum Gasteiger partial charge on any atom is 0.328 e. The predicted octanol–water partition coefficient (Wildman–Crippen LogP) is 6.38. The lowest BCUT2D eigenvalue weighted by molar-refractivity contribution is -0.131. The van der Waals surface area contributed by atoms with Gasteiger partial charge in [-0.2, -0.15) is 0 Å². The summed E-state index contributed by atoms with van der Waals surface area (Å²) in [5, 5.41) is 15.3. The highest BCUT2D eigenvalue weighted by molar-refractivity contribution is 8.19. The average Bonchev–Trinajstić information content (AvgIpc) is 3.51. The number of hydrogen-bond donors (Lipinski definition) is 3. The minimum atomic E-state index is -1.02. The first-order chi connectivity index (χ1) is 22.2. The lowest BCUT2D eigenvalue weighted by atomic mass is 9.75. The van der Waals surface area contributed by atoms with E-state index in [9.17, 15) is 14.4 Å². The van der Waals surface area contributed by atoms with Crippen molar-refractivity contribution < 1.29 is 19.5 Å². The molecule has 0 radical (unpaired) electrons.